The van der Waals surface area contributed by atoms with E-state index in [2.05, 4.69) is 106 Å². The molecule has 1 aliphatic carbocycles. The van der Waals surface area contributed by atoms with Gasteiger partial charge in [-0.25, -0.2) is 0 Å². The van der Waals surface area contributed by atoms with Crippen LogP contribution in [0, 0.1) is 11.8 Å². The van der Waals surface area contributed by atoms with Crippen LogP contribution >= 0.6 is 0 Å². The summed E-state index contributed by atoms with van der Waals surface area (Å²) in [4.78, 5) is 0. The fourth-order valence-corrected chi connectivity index (χ4v) is 5.94. The van der Waals surface area contributed by atoms with Crippen LogP contribution in [0.15, 0.2) is 84.9 Å². The molecular weight excluding hydrogens is 376 g/mol. The van der Waals surface area contributed by atoms with Crippen molar-refractivity contribution >= 4 is 0 Å². The standard InChI is InChI=1S/C30H36O/c1-5-31-28-18-16-27(17-19-28)30(26-14-10-7-11-15-26)22-24(23(2)3)20-21-29(30,4)25-12-8-6-9-13-25/h6-19,23-24H,5,20-22H2,1-4H3. The molecule has 0 spiro atoms. The molecular formula is C30H36O. The molecule has 1 nitrogen and oxygen atoms in total. The lowest BCUT2D eigenvalue weighted by Crippen LogP contribution is -2.53. The quantitative estimate of drug-likeness (QED) is 0.401. The van der Waals surface area contributed by atoms with Crippen molar-refractivity contribution in [1.82, 2.24) is 0 Å². The van der Waals surface area contributed by atoms with Gasteiger partial charge in [0.15, 0.2) is 0 Å². The van der Waals surface area contributed by atoms with Crippen molar-refractivity contribution < 1.29 is 4.74 Å². The Balaban J connectivity index is 1.97. The van der Waals surface area contributed by atoms with Crippen molar-refractivity contribution in [3.8, 4) is 5.75 Å². The minimum Gasteiger partial charge on any atom is -0.494 e. The Kier molecular flexibility index (Phi) is 6.23. The van der Waals surface area contributed by atoms with E-state index in [9.17, 15) is 0 Å². The van der Waals surface area contributed by atoms with Crippen molar-refractivity contribution in [2.45, 2.75) is 57.8 Å². The SMILES string of the molecule is CCOc1ccc(C2(c3ccccc3)CC(C(C)C)CCC2(C)c2ccccc2)cc1. The summed E-state index contributed by atoms with van der Waals surface area (Å²) in [6.07, 6.45) is 3.62. The van der Waals surface area contributed by atoms with Crippen LogP contribution in [0.3, 0.4) is 0 Å². The summed E-state index contributed by atoms with van der Waals surface area (Å²) in [6, 6.07) is 31.4. The summed E-state index contributed by atoms with van der Waals surface area (Å²) >= 11 is 0. The van der Waals surface area contributed by atoms with E-state index in [-0.39, 0.29) is 10.8 Å². The van der Waals surface area contributed by atoms with Crippen LogP contribution in [-0.2, 0) is 10.8 Å². The Hall–Kier alpha value is -2.54. The predicted molar refractivity (Wildman–Crippen MR) is 131 cm³/mol. The van der Waals surface area contributed by atoms with Gasteiger partial charge in [0.05, 0.1) is 6.61 Å². The van der Waals surface area contributed by atoms with Crippen LogP contribution in [0.1, 0.15) is 63.6 Å². The highest BCUT2D eigenvalue weighted by Gasteiger charge is 2.54. The molecule has 0 bridgehead atoms. The highest BCUT2D eigenvalue weighted by atomic mass is 16.5. The zero-order valence-electron chi connectivity index (χ0n) is 19.5. The molecule has 0 radical (unpaired) electrons. The zero-order valence-corrected chi connectivity index (χ0v) is 19.5. The first-order chi connectivity index (χ1) is 15.0. The summed E-state index contributed by atoms with van der Waals surface area (Å²) in [5.41, 5.74) is 4.19. The van der Waals surface area contributed by atoms with Gasteiger partial charge in [-0.3, -0.25) is 0 Å². The van der Waals surface area contributed by atoms with Gasteiger partial charge in [0, 0.05) is 10.8 Å². The fraction of sp³-hybridized carbons (Fsp3) is 0.400. The second-order valence-corrected chi connectivity index (χ2v) is 9.67. The molecule has 3 aromatic rings. The first-order valence-corrected chi connectivity index (χ1v) is 11.9. The van der Waals surface area contributed by atoms with E-state index >= 15 is 0 Å². The van der Waals surface area contributed by atoms with Crippen LogP contribution in [-0.4, -0.2) is 6.61 Å². The van der Waals surface area contributed by atoms with E-state index in [0.717, 1.165) is 12.2 Å². The molecule has 1 saturated carbocycles. The van der Waals surface area contributed by atoms with Gasteiger partial charge in [-0.1, -0.05) is 93.6 Å². The lowest BCUT2D eigenvalue weighted by atomic mass is 9.47. The molecule has 31 heavy (non-hydrogen) atoms. The summed E-state index contributed by atoms with van der Waals surface area (Å²) < 4.78 is 5.78. The van der Waals surface area contributed by atoms with E-state index in [1.807, 2.05) is 6.92 Å². The summed E-state index contributed by atoms with van der Waals surface area (Å²) in [7, 11) is 0. The molecule has 0 amide bonds. The zero-order chi connectivity index (χ0) is 21.9. The van der Waals surface area contributed by atoms with Crippen LogP contribution in [0.4, 0.5) is 0 Å². The number of rotatable bonds is 6. The maximum atomic E-state index is 5.78. The molecule has 3 atom stereocenters. The molecule has 3 unspecified atom stereocenters. The molecule has 4 rings (SSSR count). The summed E-state index contributed by atoms with van der Waals surface area (Å²) in [6.45, 7) is 10.0. The monoisotopic (exact) mass is 412 g/mol. The summed E-state index contributed by atoms with van der Waals surface area (Å²) in [5.74, 6) is 2.32. The largest absolute Gasteiger partial charge is 0.494 e. The van der Waals surface area contributed by atoms with Gasteiger partial charge < -0.3 is 4.74 Å². The Labute approximate surface area is 188 Å². The topological polar surface area (TPSA) is 9.23 Å². The normalized spacial score (nSPS) is 26.0. The highest BCUT2D eigenvalue weighted by molar-refractivity contribution is 5.50. The Bertz CT molecular complexity index is 960. The number of hydrogen-bond donors (Lipinski definition) is 0. The average molecular weight is 413 g/mol. The Morgan fingerprint density at radius 1 is 0.806 bits per heavy atom. The lowest BCUT2D eigenvalue weighted by molar-refractivity contribution is 0.117. The molecule has 1 aliphatic rings. The molecule has 0 N–H and O–H groups in total. The van der Waals surface area contributed by atoms with Gasteiger partial charge >= 0.3 is 0 Å². The van der Waals surface area contributed by atoms with Gasteiger partial charge in [0.1, 0.15) is 5.75 Å². The summed E-state index contributed by atoms with van der Waals surface area (Å²) in [5, 5.41) is 0. The molecule has 0 saturated heterocycles. The minimum atomic E-state index is -0.0897. The van der Waals surface area contributed by atoms with Gasteiger partial charge in [-0.15, -0.1) is 0 Å². The van der Waals surface area contributed by atoms with Crippen molar-refractivity contribution in [3.63, 3.8) is 0 Å². The fourth-order valence-electron chi connectivity index (χ4n) is 5.94. The molecule has 3 aromatic carbocycles. The van der Waals surface area contributed by atoms with E-state index in [1.165, 1.54) is 29.5 Å². The molecule has 1 fully saturated rings. The van der Waals surface area contributed by atoms with Crippen molar-refractivity contribution in [3.05, 3.63) is 102 Å². The van der Waals surface area contributed by atoms with E-state index in [4.69, 9.17) is 4.74 Å². The first kappa shape index (κ1) is 21.7. The first-order valence-electron chi connectivity index (χ1n) is 11.9. The van der Waals surface area contributed by atoms with Gasteiger partial charge in [-0.2, -0.15) is 0 Å². The molecule has 0 aromatic heterocycles. The van der Waals surface area contributed by atoms with Gasteiger partial charge in [0.2, 0.25) is 0 Å². The van der Waals surface area contributed by atoms with Crippen LogP contribution in [0.5, 0.6) is 5.75 Å². The van der Waals surface area contributed by atoms with E-state index < -0.39 is 0 Å². The number of hydrogen-bond acceptors (Lipinski definition) is 1. The average Bonchev–Trinajstić information content (AvgIpc) is 2.81. The maximum absolute atomic E-state index is 5.78. The third kappa shape index (κ3) is 3.80. The highest BCUT2D eigenvalue weighted by Crippen LogP contribution is 2.59. The Morgan fingerprint density at radius 3 is 1.90 bits per heavy atom. The third-order valence-electron chi connectivity index (χ3n) is 7.80. The molecule has 0 heterocycles. The molecule has 0 aliphatic heterocycles. The van der Waals surface area contributed by atoms with Crippen molar-refractivity contribution in [2.24, 2.45) is 11.8 Å². The molecule has 1 heteroatoms. The third-order valence-corrected chi connectivity index (χ3v) is 7.80. The van der Waals surface area contributed by atoms with Crippen LogP contribution in [0.2, 0.25) is 0 Å². The Morgan fingerprint density at radius 2 is 1.35 bits per heavy atom. The second kappa shape index (κ2) is 8.91. The predicted octanol–water partition coefficient (Wildman–Crippen LogP) is 7.79. The second-order valence-electron chi connectivity index (χ2n) is 9.67. The van der Waals surface area contributed by atoms with Crippen molar-refractivity contribution in [2.75, 3.05) is 6.61 Å². The van der Waals surface area contributed by atoms with Gasteiger partial charge in [-0.05, 0) is 66.8 Å². The van der Waals surface area contributed by atoms with E-state index in [1.54, 1.807) is 0 Å². The van der Waals surface area contributed by atoms with Gasteiger partial charge in [0.25, 0.3) is 0 Å². The van der Waals surface area contributed by atoms with Crippen LogP contribution < -0.4 is 4.74 Å². The maximum Gasteiger partial charge on any atom is 0.119 e. The van der Waals surface area contributed by atoms with Crippen LogP contribution in [0.25, 0.3) is 0 Å². The number of ether oxygens (including phenoxy) is 1. The minimum absolute atomic E-state index is 0.00807. The number of benzene rings is 3. The smallest absolute Gasteiger partial charge is 0.119 e. The van der Waals surface area contributed by atoms with Crippen molar-refractivity contribution in [1.29, 1.82) is 0 Å². The lowest BCUT2D eigenvalue weighted by Gasteiger charge is -2.56. The van der Waals surface area contributed by atoms with E-state index in [0.29, 0.717) is 18.4 Å². The molecule has 162 valence electrons.